The van der Waals surface area contributed by atoms with E-state index in [-0.39, 0.29) is 11.7 Å². The van der Waals surface area contributed by atoms with Crippen LogP contribution in [-0.2, 0) is 4.79 Å². The molecule has 2 aromatic rings. The number of hydrogen-bond acceptors (Lipinski definition) is 4. The monoisotopic (exact) mass is 388 g/mol. The largest absolute Gasteiger partial charge is 0.351 e. The van der Waals surface area contributed by atoms with Gasteiger partial charge in [0.05, 0.1) is 16.5 Å². The number of aliphatic imine (C=N–C) groups is 1. The molecule has 0 spiro atoms. The number of rotatable bonds is 4. The fraction of sp³-hybridized carbons (Fsp3) is 0.316. The standard InChI is InChI=1S/C19H21ClN4OS/c20-15-9-10-17(21-13-15)23-18(25)14-26-19(24-11-5-2-6-12-24)22-16-7-3-1-4-8-16/h1,3-4,7-10,13H,2,5-6,11-12,14H2,(H,21,23,25). The van der Waals surface area contributed by atoms with Gasteiger partial charge in [-0.3, -0.25) is 4.79 Å². The summed E-state index contributed by atoms with van der Waals surface area (Å²) in [5, 5.41) is 4.23. The number of piperidine rings is 1. The zero-order valence-electron chi connectivity index (χ0n) is 14.4. The van der Waals surface area contributed by atoms with Crippen molar-refractivity contribution in [2.45, 2.75) is 19.3 Å². The lowest BCUT2D eigenvalue weighted by Gasteiger charge is -2.29. The second-order valence-electron chi connectivity index (χ2n) is 5.98. The molecule has 0 unspecified atom stereocenters. The third kappa shape index (κ3) is 5.75. The number of amidine groups is 1. The molecule has 7 heteroatoms. The Kier molecular flexibility index (Phi) is 6.91. The van der Waals surface area contributed by atoms with E-state index < -0.39 is 0 Å². The number of carbonyl (C=O) groups excluding carboxylic acids is 1. The van der Waals surface area contributed by atoms with Gasteiger partial charge in [-0.2, -0.15) is 0 Å². The molecule has 1 amide bonds. The molecule has 1 aliphatic rings. The summed E-state index contributed by atoms with van der Waals surface area (Å²) in [6.07, 6.45) is 5.09. The quantitative estimate of drug-likeness (QED) is 0.615. The van der Waals surface area contributed by atoms with Gasteiger partial charge in [-0.1, -0.05) is 41.6 Å². The van der Waals surface area contributed by atoms with E-state index in [0.29, 0.717) is 10.8 Å². The van der Waals surface area contributed by atoms with E-state index in [0.717, 1.165) is 36.8 Å². The number of halogens is 1. The van der Waals surface area contributed by atoms with E-state index in [4.69, 9.17) is 16.6 Å². The third-order valence-corrected chi connectivity index (χ3v) is 5.17. The fourth-order valence-corrected chi connectivity index (χ4v) is 3.63. The number of anilines is 1. The summed E-state index contributed by atoms with van der Waals surface area (Å²) < 4.78 is 0. The van der Waals surface area contributed by atoms with Crippen molar-refractivity contribution in [3.8, 4) is 0 Å². The van der Waals surface area contributed by atoms with Crippen LogP contribution in [0.1, 0.15) is 19.3 Å². The van der Waals surface area contributed by atoms with Crippen LogP contribution in [0.15, 0.2) is 53.7 Å². The Morgan fingerprint density at radius 1 is 1.15 bits per heavy atom. The number of nitrogens with one attached hydrogen (secondary N) is 1. The SMILES string of the molecule is O=C(CSC(=Nc1ccccc1)N1CCCCC1)Nc1ccc(Cl)cn1. The van der Waals surface area contributed by atoms with Crippen LogP contribution in [0.3, 0.4) is 0 Å². The van der Waals surface area contributed by atoms with Gasteiger partial charge in [0.2, 0.25) is 5.91 Å². The number of thioether (sulfide) groups is 1. The van der Waals surface area contributed by atoms with E-state index in [1.54, 1.807) is 12.1 Å². The Bertz CT molecular complexity index is 746. The topological polar surface area (TPSA) is 57.6 Å². The Morgan fingerprint density at radius 3 is 2.62 bits per heavy atom. The minimum Gasteiger partial charge on any atom is -0.351 e. The summed E-state index contributed by atoms with van der Waals surface area (Å²) in [5.41, 5.74) is 0.903. The van der Waals surface area contributed by atoms with Crippen molar-refractivity contribution in [3.05, 3.63) is 53.7 Å². The summed E-state index contributed by atoms with van der Waals surface area (Å²) in [6.45, 7) is 1.97. The third-order valence-electron chi connectivity index (χ3n) is 3.93. The lowest BCUT2D eigenvalue weighted by Crippen LogP contribution is -2.34. The number of benzene rings is 1. The van der Waals surface area contributed by atoms with Gasteiger partial charge in [-0.25, -0.2) is 9.98 Å². The van der Waals surface area contributed by atoms with Crippen molar-refractivity contribution in [1.29, 1.82) is 0 Å². The van der Waals surface area contributed by atoms with Crippen LogP contribution in [0.4, 0.5) is 11.5 Å². The van der Waals surface area contributed by atoms with Gasteiger partial charge in [0.1, 0.15) is 5.82 Å². The summed E-state index contributed by atoms with van der Waals surface area (Å²) in [6, 6.07) is 13.2. The fourth-order valence-electron chi connectivity index (χ4n) is 2.65. The Balaban J connectivity index is 1.64. The van der Waals surface area contributed by atoms with Crippen molar-refractivity contribution < 1.29 is 4.79 Å². The van der Waals surface area contributed by atoms with Crippen molar-refractivity contribution in [3.63, 3.8) is 0 Å². The summed E-state index contributed by atoms with van der Waals surface area (Å²) in [4.78, 5) is 23.4. The maximum absolute atomic E-state index is 12.3. The minimum absolute atomic E-state index is 0.109. The van der Waals surface area contributed by atoms with Gasteiger partial charge < -0.3 is 10.2 Å². The number of nitrogens with zero attached hydrogens (tertiary/aromatic N) is 3. The highest BCUT2D eigenvalue weighted by atomic mass is 35.5. The van der Waals surface area contributed by atoms with E-state index in [2.05, 4.69) is 15.2 Å². The molecule has 136 valence electrons. The molecule has 3 rings (SSSR count). The number of hydrogen-bond donors (Lipinski definition) is 1. The number of pyridine rings is 1. The average Bonchev–Trinajstić information content (AvgIpc) is 2.68. The van der Waals surface area contributed by atoms with Crippen LogP contribution in [0.2, 0.25) is 5.02 Å². The average molecular weight is 389 g/mol. The highest BCUT2D eigenvalue weighted by Gasteiger charge is 2.17. The van der Waals surface area contributed by atoms with Gasteiger partial charge in [-0.15, -0.1) is 0 Å². The molecular weight excluding hydrogens is 368 g/mol. The second-order valence-corrected chi connectivity index (χ2v) is 7.36. The Hall–Kier alpha value is -2.05. The number of carbonyl (C=O) groups is 1. The first-order valence-electron chi connectivity index (χ1n) is 8.63. The predicted octanol–water partition coefficient (Wildman–Crippen LogP) is 4.58. The molecule has 0 bridgehead atoms. The number of amides is 1. The molecule has 1 aliphatic heterocycles. The van der Waals surface area contributed by atoms with E-state index in [1.807, 2.05) is 30.3 Å². The normalized spacial score (nSPS) is 15.0. The van der Waals surface area contributed by atoms with Crippen LogP contribution in [0.5, 0.6) is 0 Å². The lowest BCUT2D eigenvalue weighted by atomic mass is 10.1. The molecule has 0 radical (unpaired) electrons. The van der Waals surface area contributed by atoms with Gasteiger partial charge in [-0.05, 0) is 43.5 Å². The Labute approximate surface area is 162 Å². The van der Waals surface area contributed by atoms with Crippen molar-refractivity contribution in [2.24, 2.45) is 4.99 Å². The molecule has 0 aliphatic carbocycles. The molecule has 1 N–H and O–H groups in total. The van der Waals surface area contributed by atoms with Gasteiger partial charge >= 0.3 is 0 Å². The molecule has 5 nitrogen and oxygen atoms in total. The Morgan fingerprint density at radius 2 is 1.92 bits per heavy atom. The maximum Gasteiger partial charge on any atom is 0.236 e. The zero-order valence-corrected chi connectivity index (χ0v) is 16.0. The van der Waals surface area contributed by atoms with Crippen molar-refractivity contribution >= 4 is 45.9 Å². The zero-order chi connectivity index (χ0) is 18.2. The van der Waals surface area contributed by atoms with Gasteiger partial charge in [0.25, 0.3) is 0 Å². The van der Waals surface area contributed by atoms with E-state index >= 15 is 0 Å². The molecule has 26 heavy (non-hydrogen) atoms. The number of likely N-dealkylation sites (tertiary alicyclic amines) is 1. The highest BCUT2D eigenvalue weighted by molar-refractivity contribution is 8.14. The number of para-hydroxylation sites is 1. The first-order chi connectivity index (χ1) is 12.7. The molecular formula is C19H21ClN4OS. The predicted molar refractivity (Wildman–Crippen MR) is 109 cm³/mol. The molecule has 1 saturated heterocycles. The molecule has 1 fully saturated rings. The summed E-state index contributed by atoms with van der Waals surface area (Å²) in [5.74, 6) is 0.675. The molecule has 0 saturated carbocycles. The smallest absolute Gasteiger partial charge is 0.236 e. The van der Waals surface area contributed by atoms with Crippen LogP contribution < -0.4 is 5.32 Å². The number of aromatic nitrogens is 1. The van der Waals surface area contributed by atoms with Crippen molar-refractivity contribution in [2.75, 3.05) is 24.2 Å². The maximum atomic E-state index is 12.3. The minimum atomic E-state index is -0.109. The molecule has 2 heterocycles. The second kappa shape index (κ2) is 9.59. The molecule has 1 aromatic carbocycles. The van der Waals surface area contributed by atoms with Crippen LogP contribution in [0, 0.1) is 0 Å². The lowest BCUT2D eigenvalue weighted by molar-refractivity contribution is -0.113. The summed E-state index contributed by atoms with van der Waals surface area (Å²) >= 11 is 7.28. The van der Waals surface area contributed by atoms with E-state index in [9.17, 15) is 4.79 Å². The highest BCUT2D eigenvalue weighted by Crippen LogP contribution is 2.21. The molecule has 0 atom stereocenters. The van der Waals surface area contributed by atoms with Gasteiger partial charge in [0, 0.05) is 19.3 Å². The molecule has 1 aromatic heterocycles. The van der Waals surface area contributed by atoms with Crippen LogP contribution in [0.25, 0.3) is 0 Å². The summed E-state index contributed by atoms with van der Waals surface area (Å²) in [7, 11) is 0. The van der Waals surface area contributed by atoms with Crippen LogP contribution >= 0.6 is 23.4 Å². The first kappa shape index (κ1) is 18.7. The van der Waals surface area contributed by atoms with Gasteiger partial charge in [0.15, 0.2) is 5.17 Å². The first-order valence-corrected chi connectivity index (χ1v) is 10.00. The van der Waals surface area contributed by atoms with Crippen molar-refractivity contribution in [1.82, 2.24) is 9.88 Å². The van der Waals surface area contributed by atoms with Crippen LogP contribution in [-0.4, -0.2) is 39.8 Å². The van der Waals surface area contributed by atoms with E-state index in [1.165, 1.54) is 24.4 Å².